The molecule has 2 heterocycles. The molecular weight excluding hydrogens is 396 g/mol. The van der Waals surface area contributed by atoms with E-state index in [9.17, 15) is 25.0 Å². The number of benzene rings is 1. The van der Waals surface area contributed by atoms with Gasteiger partial charge in [0, 0.05) is 43.7 Å². The second kappa shape index (κ2) is 8.72. The van der Waals surface area contributed by atoms with Crippen LogP contribution in [0.25, 0.3) is 5.82 Å². The van der Waals surface area contributed by atoms with Gasteiger partial charge >= 0.3 is 0 Å². The van der Waals surface area contributed by atoms with E-state index in [1.807, 2.05) is 6.92 Å². The maximum atomic E-state index is 12.2. The summed E-state index contributed by atoms with van der Waals surface area (Å²) in [6.45, 7) is 2.28. The van der Waals surface area contributed by atoms with Crippen molar-refractivity contribution in [1.82, 2.24) is 24.8 Å². The number of anilines is 1. The number of nitrogens with one attached hydrogen (secondary N) is 2. The number of amides is 1. The van der Waals surface area contributed by atoms with Crippen LogP contribution in [0.2, 0.25) is 0 Å². The normalized spacial score (nSPS) is 10.4. The van der Waals surface area contributed by atoms with Gasteiger partial charge in [-0.3, -0.25) is 29.6 Å². The number of rotatable bonds is 8. The minimum absolute atomic E-state index is 0.152. The van der Waals surface area contributed by atoms with Gasteiger partial charge < -0.3 is 10.6 Å². The highest BCUT2D eigenvalue weighted by Gasteiger charge is 2.19. The molecule has 1 amide bonds. The van der Waals surface area contributed by atoms with Gasteiger partial charge in [-0.1, -0.05) is 0 Å². The monoisotopic (exact) mass is 412 g/mol. The van der Waals surface area contributed by atoms with Gasteiger partial charge in [0.15, 0.2) is 0 Å². The standard InChI is InChI=1S/C17H16N8O5/c1-11-18-4-5-23(11)16-9-15(21-10-22-16)19-2-3-20-17(26)12-6-13(24(27)28)8-14(7-12)25(29)30/h4-10H,2-3H2,1H3,(H,20,26)(H,19,21,22). The lowest BCUT2D eigenvalue weighted by Gasteiger charge is -2.09. The van der Waals surface area contributed by atoms with Crippen molar-refractivity contribution in [3.05, 3.63) is 74.6 Å². The molecule has 30 heavy (non-hydrogen) atoms. The Labute approximate surface area is 169 Å². The Morgan fingerprint density at radius 2 is 1.73 bits per heavy atom. The molecule has 0 radical (unpaired) electrons. The van der Waals surface area contributed by atoms with Crippen LogP contribution in [0.15, 0.2) is 43.0 Å². The summed E-state index contributed by atoms with van der Waals surface area (Å²) in [6, 6.07) is 4.48. The summed E-state index contributed by atoms with van der Waals surface area (Å²) in [7, 11) is 0. The van der Waals surface area contributed by atoms with Crippen LogP contribution in [0.3, 0.4) is 0 Å². The van der Waals surface area contributed by atoms with E-state index >= 15 is 0 Å². The van der Waals surface area contributed by atoms with E-state index in [1.165, 1.54) is 6.33 Å². The molecule has 0 fully saturated rings. The second-order valence-electron chi connectivity index (χ2n) is 6.04. The Morgan fingerprint density at radius 1 is 1.03 bits per heavy atom. The molecule has 0 atom stereocenters. The first kappa shape index (κ1) is 20.3. The SMILES string of the molecule is Cc1nccn1-c1cc(NCCNC(=O)c2cc([N+](=O)[O-])cc([N+](=O)[O-])c2)ncn1. The van der Waals surface area contributed by atoms with Crippen molar-refractivity contribution < 1.29 is 14.6 Å². The Hall–Kier alpha value is -4.42. The summed E-state index contributed by atoms with van der Waals surface area (Å²) in [5, 5.41) is 27.4. The van der Waals surface area contributed by atoms with Gasteiger partial charge in [0.1, 0.15) is 23.8 Å². The van der Waals surface area contributed by atoms with Gasteiger partial charge in [0.2, 0.25) is 0 Å². The largest absolute Gasteiger partial charge is 0.368 e. The fourth-order valence-corrected chi connectivity index (χ4v) is 2.60. The van der Waals surface area contributed by atoms with Crippen LogP contribution in [-0.2, 0) is 0 Å². The number of carbonyl (C=O) groups is 1. The van der Waals surface area contributed by atoms with E-state index in [2.05, 4.69) is 25.6 Å². The fraction of sp³-hybridized carbons (Fsp3) is 0.176. The van der Waals surface area contributed by atoms with Gasteiger partial charge in [-0.25, -0.2) is 15.0 Å². The van der Waals surface area contributed by atoms with E-state index < -0.39 is 27.1 Å². The zero-order chi connectivity index (χ0) is 21.7. The van der Waals surface area contributed by atoms with Crippen molar-refractivity contribution in [2.24, 2.45) is 0 Å². The highest BCUT2D eigenvalue weighted by atomic mass is 16.6. The molecule has 0 unspecified atom stereocenters. The first-order valence-electron chi connectivity index (χ1n) is 8.63. The Bertz CT molecular complexity index is 1080. The third-order valence-corrected chi connectivity index (χ3v) is 4.03. The average Bonchev–Trinajstić information content (AvgIpc) is 3.16. The lowest BCUT2D eigenvalue weighted by molar-refractivity contribution is -0.394. The molecule has 0 spiro atoms. The number of nitrogens with zero attached hydrogens (tertiary/aromatic N) is 6. The molecule has 0 saturated carbocycles. The fourth-order valence-electron chi connectivity index (χ4n) is 2.60. The summed E-state index contributed by atoms with van der Waals surface area (Å²) in [5.41, 5.74) is -1.23. The number of carbonyl (C=O) groups excluding carboxylic acids is 1. The number of aryl methyl sites for hydroxylation is 1. The molecule has 154 valence electrons. The molecule has 13 nitrogen and oxygen atoms in total. The van der Waals surface area contributed by atoms with Crippen molar-refractivity contribution in [1.29, 1.82) is 0 Å². The summed E-state index contributed by atoms with van der Waals surface area (Å²) in [6.07, 6.45) is 4.80. The summed E-state index contributed by atoms with van der Waals surface area (Å²) < 4.78 is 1.78. The third-order valence-electron chi connectivity index (χ3n) is 4.03. The summed E-state index contributed by atoms with van der Waals surface area (Å²) in [5.74, 6) is 1.24. The molecule has 2 aromatic heterocycles. The molecule has 2 N–H and O–H groups in total. The first-order valence-corrected chi connectivity index (χ1v) is 8.63. The quantitative estimate of drug-likeness (QED) is 0.317. The molecule has 0 aliphatic heterocycles. The molecule has 0 saturated heterocycles. The van der Waals surface area contributed by atoms with Crippen molar-refractivity contribution in [3.8, 4) is 5.82 Å². The minimum atomic E-state index is -0.792. The van der Waals surface area contributed by atoms with Crippen molar-refractivity contribution >= 4 is 23.1 Å². The lowest BCUT2D eigenvalue weighted by Crippen LogP contribution is -2.29. The predicted molar refractivity (Wildman–Crippen MR) is 104 cm³/mol. The number of nitro groups is 2. The zero-order valence-electron chi connectivity index (χ0n) is 15.7. The van der Waals surface area contributed by atoms with Crippen LogP contribution in [0.1, 0.15) is 16.2 Å². The van der Waals surface area contributed by atoms with E-state index in [-0.39, 0.29) is 12.1 Å². The molecule has 0 aliphatic carbocycles. The van der Waals surface area contributed by atoms with Crippen LogP contribution in [0.4, 0.5) is 17.2 Å². The molecule has 3 rings (SSSR count). The number of imidazole rings is 1. The number of hydrogen-bond donors (Lipinski definition) is 2. The van der Waals surface area contributed by atoms with Crippen LogP contribution < -0.4 is 10.6 Å². The van der Waals surface area contributed by atoms with Crippen LogP contribution in [-0.4, -0.2) is 48.4 Å². The Kier molecular flexibility index (Phi) is 5.91. The van der Waals surface area contributed by atoms with Gasteiger partial charge in [0.05, 0.1) is 21.5 Å². The second-order valence-corrected chi connectivity index (χ2v) is 6.04. The van der Waals surface area contributed by atoms with Crippen molar-refractivity contribution in [2.75, 3.05) is 18.4 Å². The minimum Gasteiger partial charge on any atom is -0.368 e. The molecule has 3 aromatic rings. The zero-order valence-corrected chi connectivity index (χ0v) is 15.7. The molecule has 0 aliphatic rings. The number of non-ortho nitro benzene ring substituents is 2. The van der Waals surface area contributed by atoms with Gasteiger partial charge in [-0.05, 0) is 6.92 Å². The highest BCUT2D eigenvalue weighted by Crippen LogP contribution is 2.22. The maximum Gasteiger partial charge on any atom is 0.277 e. The first-order chi connectivity index (χ1) is 14.3. The van der Waals surface area contributed by atoms with E-state index in [0.717, 1.165) is 24.0 Å². The van der Waals surface area contributed by atoms with Crippen LogP contribution in [0.5, 0.6) is 0 Å². The molecule has 1 aromatic carbocycles. The third kappa shape index (κ3) is 4.70. The van der Waals surface area contributed by atoms with Gasteiger partial charge in [-0.15, -0.1) is 0 Å². The maximum absolute atomic E-state index is 12.2. The number of aromatic nitrogens is 4. The Morgan fingerprint density at radius 3 is 2.33 bits per heavy atom. The van der Waals surface area contributed by atoms with Gasteiger partial charge in [0.25, 0.3) is 17.3 Å². The van der Waals surface area contributed by atoms with E-state index in [0.29, 0.717) is 18.2 Å². The molecular formula is C17H16N8O5. The Balaban J connectivity index is 1.60. The van der Waals surface area contributed by atoms with E-state index in [4.69, 9.17) is 0 Å². The van der Waals surface area contributed by atoms with Gasteiger partial charge in [-0.2, -0.15) is 0 Å². The van der Waals surface area contributed by atoms with Crippen LogP contribution in [0, 0.1) is 27.2 Å². The van der Waals surface area contributed by atoms with Crippen LogP contribution >= 0.6 is 0 Å². The number of nitro benzene ring substituents is 2. The summed E-state index contributed by atoms with van der Waals surface area (Å²) >= 11 is 0. The smallest absolute Gasteiger partial charge is 0.277 e. The topological polar surface area (TPSA) is 171 Å². The lowest BCUT2D eigenvalue weighted by atomic mass is 10.1. The molecule has 0 bridgehead atoms. The van der Waals surface area contributed by atoms with E-state index in [1.54, 1.807) is 23.0 Å². The van der Waals surface area contributed by atoms with Crippen molar-refractivity contribution in [3.63, 3.8) is 0 Å². The predicted octanol–water partition coefficient (Wildman–Crippen LogP) is 1.63. The molecule has 13 heteroatoms. The highest BCUT2D eigenvalue weighted by molar-refractivity contribution is 5.95. The average molecular weight is 412 g/mol. The van der Waals surface area contributed by atoms with Crippen molar-refractivity contribution in [2.45, 2.75) is 6.92 Å². The number of hydrogen-bond acceptors (Lipinski definition) is 9. The summed E-state index contributed by atoms with van der Waals surface area (Å²) in [4.78, 5) is 44.9.